The molecule has 0 bridgehead atoms. The molecule has 0 radical (unpaired) electrons. The van der Waals surface area contributed by atoms with Crippen molar-refractivity contribution >= 4 is 97.5 Å². The fraction of sp³-hybridized carbons (Fsp3) is 0. The number of rotatable bonds is 10. The molecule has 20 nitrogen and oxygen atoms in total. The summed E-state index contributed by atoms with van der Waals surface area (Å²) in [7, 11) is -19.7. The Labute approximate surface area is 286 Å². The molecule has 50 heavy (non-hydrogen) atoms. The predicted octanol–water partition coefficient (Wildman–Crippen LogP) is 4.27. The number of phenols is 1. The van der Waals surface area contributed by atoms with E-state index in [-0.39, 0.29) is 11.6 Å². The van der Waals surface area contributed by atoms with Crippen LogP contribution in [0.15, 0.2) is 96.5 Å². The Balaban J connectivity index is 1.68. The van der Waals surface area contributed by atoms with Crippen LogP contribution in [0.5, 0.6) is 5.75 Å². The number of azo groups is 1. The standard InChI is InChI=1S/C25H18ClN7O13S4/c26-23-29-24(27-13-5-7-14(8-6-13)47(35,36)37)31-25(30-23)28-17-11-15(48(38,39)40)9-12-10-19(50(44,45)46)21(22(34)20(12)17)33-32-16-3-1-2-4-18(16)49(41,42)43/h1-11,34H,(H,35,36,37)(H,38,39,40)(H,41,42,43)(H,44,45,46)(H2,27,28,29,30,31). The van der Waals surface area contributed by atoms with Crippen LogP contribution in [0.3, 0.4) is 0 Å². The maximum atomic E-state index is 12.4. The zero-order valence-electron chi connectivity index (χ0n) is 24.1. The Bertz CT molecular complexity index is 2680. The van der Waals surface area contributed by atoms with Crippen molar-refractivity contribution in [2.24, 2.45) is 10.2 Å². The van der Waals surface area contributed by atoms with E-state index in [0.717, 1.165) is 36.4 Å². The van der Waals surface area contributed by atoms with Gasteiger partial charge < -0.3 is 15.7 Å². The number of nitrogens with one attached hydrogen (secondary N) is 2. The lowest BCUT2D eigenvalue weighted by atomic mass is 10.1. The molecule has 0 atom stereocenters. The van der Waals surface area contributed by atoms with Crippen molar-refractivity contribution in [3.63, 3.8) is 0 Å². The highest BCUT2D eigenvalue weighted by atomic mass is 35.5. The van der Waals surface area contributed by atoms with E-state index in [4.69, 9.17) is 11.6 Å². The zero-order valence-corrected chi connectivity index (χ0v) is 28.1. The van der Waals surface area contributed by atoms with Gasteiger partial charge in [0.15, 0.2) is 5.75 Å². The van der Waals surface area contributed by atoms with Crippen molar-refractivity contribution in [1.29, 1.82) is 0 Å². The van der Waals surface area contributed by atoms with Crippen molar-refractivity contribution < 1.29 is 57.0 Å². The van der Waals surface area contributed by atoms with Crippen molar-refractivity contribution in [3.8, 4) is 5.75 Å². The van der Waals surface area contributed by atoms with Gasteiger partial charge in [0.1, 0.15) is 21.2 Å². The van der Waals surface area contributed by atoms with Crippen LogP contribution < -0.4 is 10.6 Å². The van der Waals surface area contributed by atoms with Crippen molar-refractivity contribution in [2.75, 3.05) is 10.6 Å². The van der Waals surface area contributed by atoms with Gasteiger partial charge in [-0.1, -0.05) is 12.1 Å². The summed E-state index contributed by atoms with van der Waals surface area (Å²) in [6.07, 6.45) is 0. The quantitative estimate of drug-likeness (QED) is 0.0767. The third-order valence-corrected chi connectivity index (χ3v) is 10.00. The molecule has 0 spiro atoms. The second-order valence-electron chi connectivity index (χ2n) is 9.73. The first kappa shape index (κ1) is 36.4. The average molecular weight is 788 g/mol. The highest BCUT2D eigenvalue weighted by molar-refractivity contribution is 7.86. The number of fused-ring (bicyclic) bond motifs is 1. The van der Waals surface area contributed by atoms with Crippen LogP contribution in [0.2, 0.25) is 5.28 Å². The molecule has 1 aromatic heterocycles. The number of halogens is 1. The smallest absolute Gasteiger partial charge is 0.296 e. The molecule has 0 aliphatic rings. The summed E-state index contributed by atoms with van der Waals surface area (Å²) in [6, 6.07) is 11.3. The van der Waals surface area contributed by atoms with Gasteiger partial charge in [-0.15, -0.1) is 10.2 Å². The second-order valence-corrected chi connectivity index (χ2v) is 15.7. The van der Waals surface area contributed by atoms with Crippen LogP contribution in [0.25, 0.3) is 10.8 Å². The molecule has 262 valence electrons. The molecule has 0 aliphatic heterocycles. The fourth-order valence-corrected chi connectivity index (χ4v) is 6.75. The lowest BCUT2D eigenvalue weighted by Gasteiger charge is -2.15. The number of benzene rings is 4. The van der Waals surface area contributed by atoms with E-state index in [1.807, 2.05) is 0 Å². The van der Waals surface area contributed by atoms with Gasteiger partial charge >= 0.3 is 0 Å². The number of hydrogen-bond acceptors (Lipinski definition) is 16. The molecule has 0 saturated carbocycles. The first-order chi connectivity index (χ1) is 23.1. The molecule has 0 saturated heterocycles. The van der Waals surface area contributed by atoms with Crippen LogP contribution in [0.4, 0.5) is 34.6 Å². The van der Waals surface area contributed by atoms with E-state index in [0.29, 0.717) is 6.07 Å². The molecule has 5 rings (SSSR count). The van der Waals surface area contributed by atoms with E-state index >= 15 is 0 Å². The predicted molar refractivity (Wildman–Crippen MR) is 173 cm³/mol. The van der Waals surface area contributed by atoms with Crippen LogP contribution in [-0.4, -0.2) is 71.9 Å². The average Bonchev–Trinajstić information content (AvgIpc) is 2.98. The first-order valence-electron chi connectivity index (χ1n) is 12.9. The number of aromatic hydroxyl groups is 1. The summed E-state index contributed by atoms with van der Waals surface area (Å²) < 4.78 is 134. The third-order valence-electron chi connectivity index (χ3n) is 6.36. The molecule has 1 heterocycles. The minimum Gasteiger partial charge on any atom is -0.505 e. The Kier molecular flexibility index (Phi) is 9.51. The van der Waals surface area contributed by atoms with Crippen LogP contribution in [0, 0.1) is 0 Å². The first-order valence-corrected chi connectivity index (χ1v) is 19.1. The molecule has 5 aromatic rings. The molecule has 0 fully saturated rings. The monoisotopic (exact) mass is 787 g/mol. The molecule has 0 amide bonds. The topological polar surface area (TPSA) is 325 Å². The van der Waals surface area contributed by atoms with Gasteiger partial charge in [0.05, 0.1) is 15.5 Å². The van der Waals surface area contributed by atoms with Crippen LogP contribution in [0.1, 0.15) is 0 Å². The minimum absolute atomic E-state index is 0.199. The van der Waals surface area contributed by atoms with E-state index in [2.05, 4.69) is 35.8 Å². The number of aromatic nitrogens is 3. The maximum Gasteiger partial charge on any atom is 0.296 e. The van der Waals surface area contributed by atoms with Gasteiger partial charge in [-0.3, -0.25) is 18.2 Å². The normalized spacial score (nSPS) is 12.7. The van der Waals surface area contributed by atoms with Gasteiger partial charge in [-0.05, 0) is 71.6 Å². The molecule has 0 aliphatic carbocycles. The SMILES string of the molecule is O=S(=O)(O)c1ccc(Nc2nc(Cl)nc(Nc3cc(S(=O)(=O)O)cc4cc(S(=O)(=O)O)c(N=Nc5ccccc5S(=O)(=O)O)c(O)c34)n2)cc1. The van der Waals surface area contributed by atoms with Gasteiger partial charge in [0, 0.05) is 11.1 Å². The van der Waals surface area contributed by atoms with Gasteiger partial charge in [-0.25, -0.2) is 0 Å². The van der Waals surface area contributed by atoms with Crippen LogP contribution in [-0.2, 0) is 40.5 Å². The lowest BCUT2D eigenvalue weighted by Crippen LogP contribution is -2.06. The zero-order chi connectivity index (χ0) is 36.8. The van der Waals surface area contributed by atoms with Gasteiger partial charge in [0.2, 0.25) is 17.2 Å². The number of anilines is 4. The highest BCUT2D eigenvalue weighted by Crippen LogP contribution is 2.46. The van der Waals surface area contributed by atoms with Crippen molar-refractivity contribution in [1.82, 2.24) is 15.0 Å². The third kappa shape index (κ3) is 8.09. The van der Waals surface area contributed by atoms with Gasteiger partial charge in [0.25, 0.3) is 40.5 Å². The fourth-order valence-electron chi connectivity index (χ4n) is 4.28. The molecule has 4 aromatic carbocycles. The van der Waals surface area contributed by atoms with Crippen molar-refractivity contribution in [2.45, 2.75) is 19.6 Å². The summed E-state index contributed by atoms with van der Waals surface area (Å²) in [4.78, 5) is 8.65. The molecular formula is C25H18ClN7O13S4. The number of nitrogens with zero attached hydrogens (tertiary/aromatic N) is 5. The molecule has 25 heteroatoms. The number of hydrogen-bond donors (Lipinski definition) is 7. The van der Waals surface area contributed by atoms with Crippen LogP contribution >= 0.6 is 11.6 Å². The summed E-state index contributed by atoms with van der Waals surface area (Å²) in [5.41, 5.74) is -1.72. The Morgan fingerprint density at radius 1 is 0.620 bits per heavy atom. The maximum absolute atomic E-state index is 12.4. The molecule has 7 N–H and O–H groups in total. The lowest BCUT2D eigenvalue weighted by molar-refractivity contribution is 0.472. The minimum atomic E-state index is -5.28. The van der Waals surface area contributed by atoms with Crippen molar-refractivity contribution in [3.05, 3.63) is 72.0 Å². The van der Waals surface area contributed by atoms with E-state index < -0.39 is 105 Å². The Morgan fingerprint density at radius 3 is 1.78 bits per heavy atom. The second kappa shape index (κ2) is 13.1. The van der Waals surface area contributed by atoms with E-state index in [1.54, 1.807) is 0 Å². The number of phenolic OH excluding ortho intramolecular Hbond substituents is 1. The largest absolute Gasteiger partial charge is 0.505 e. The summed E-state index contributed by atoms with van der Waals surface area (Å²) in [6.45, 7) is 0. The van der Waals surface area contributed by atoms with E-state index in [9.17, 15) is 57.0 Å². The molecular weight excluding hydrogens is 770 g/mol. The molecule has 0 unspecified atom stereocenters. The highest BCUT2D eigenvalue weighted by Gasteiger charge is 2.26. The van der Waals surface area contributed by atoms with E-state index in [1.165, 1.54) is 24.3 Å². The van der Waals surface area contributed by atoms with Gasteiger partial charge in [-0.2, -0.15) is 48.6 Å². The summed E-state index contributed by atoms with van der Waals surface area (Å²) in [5, 5.41) is 22.5. The Hall–Kier alpha value is -4.92. The Morgan fingerprint density at radius 2 is 1.20 bits per heavy atom. The summed E-state index contributed by atoms with van der Waals surface area (Å²) >= 11 is 6.04. The summed E-state index contributed by atoms with van der Waals surface area (Å²) in [5.74, 6) is -1.79.